The first kappa shape index (κ1) is 16.1. The monoisotopic (exact) mass is 342 g/mol. The van der Waals surface area contributed by atoms with Gasteiger partial charge in [-0.2, -0.15) is 5.26 Å². The fourth-order valence-corrected chi connectivity index (χ4v) is 3.44. The predicted molar refractivity (Wildman–Crippen MR) is 89.0 cm³/mol. The smallest absolute Gasteiger partial charge is 0.221 e. The van der Waals surface area contributed by atoms with E-state index in [1.54, 1.807) is 12.1 Å². The number of amides is 1. The molecule has 0 unspecified atom stereocenters. The van der Waals surface area contributed by atoms with Gasteiger partial charge in [0.1, 0.15) is 11.9 Å². The molecule has 0 radical (unpaired) electrons. The third kappa shape index (κ3) is 3.29. The highest BCUT2D eigenvalue weighted by Gasteiger charge is 2.17. The number of benzene rings is 1. The van der Waals surface area contributed by atoms with Crippen LogP contribution in [0.2, 0.25) is 0 Å². The number of fused-ring (bicyclic) bond motifs is 1. The Bertz CT molecular complexity index is 924. The number of halogens is 1. The number of nitrogens with one attached hydrogen (secondary N) is 1. The van der Waals surface area contributed by atoms with Crippen LogP contribution in [0.1, 0.15) is 29.4 Å². The summed E-state index contributed by atoms with van der Waals surface area (Å²) in [6.07, 6.45) is 2.67. The molecule has 2 aromatic heterocycles. The molecule has 0 saturated carbocycles. The van der Waals surface area contributed by atoms with Crippen molar-refractivity contribution in [3.8, 4) is 6.07 Å². The van der Waals surface area contributed by atoms with Crippen LogP contribution in [0.25, 0.3) is 4.96 Å². The first-order valence-corrected chi connectivity index (χ1v) is 8.32. The van der Waals surface area contributed by atoms with E-state index in [1.807, 2.05) is 29.0 Å². The lowest BCUT2D eigenvalue weighted by Gasteiger charge is -2.12. The van der Waals surface area contributed by atoms with Crippen molar-refractivity contribution in [1.29, 1.82) is 5.26 Å². The van der Waals surface area contributed by atoms with Gasteiger partial charge in [0.05, 0.1) is 11.8 Å². The van der Waals surface area contributed by atoms with Gasteiger partial charge >= 0.3 is 0 Å². The molecule has 2 heterocycles. The Hall–Kier alpha value is -2.72. The van der Waals surface area contributed by atoms with Gasteiger partial charge < -0.3 is 5.32 Å². The van der Waals surface area contributed by atoms with Crippen molar-refractivity contribution in [2.75, 3.05) is 0 Å². The van der Waals surface area contributed by atoms with Gasteiger partial charge in [-0.15, -0.1) is 11.3 Å². The second-order valence-electron chi connectivity index (χ2n) is 5.41. The summed E-state index contributed by atoms with van der Waals surface area (Å²) in [5.41, 5.74) is 2.10. The highest BCUT2D eigenvalue weighted by atomic mass is 32.1. The number of aryl methyl sites for hydroxylation is 2. The first-order chi connectivity index (χ1) is 11.6. The van der Waals surface area contributed by atoms with Gasteiger partial charge in [-0.1, -0.05) is 18.2 Å². The van der Waals surface area contributed by atoms with Crippen molar-refractivity contribution in [2.24, 2.45) is 0 Å². The molecule has 1 atom stereocenters. The minimum Gasteiger partial charge on any atom is -0.337 e. The van der Waals surface area contributed by atoms with Crippen molar-refractivity contribution in [3.05, 3.63) is 58.6 Å². The number of aromatic nitrogens is 2. The van der Waals surface area contributed by atoms with Gasteiger partial charge in [0, 0.05) is 29.3 Å². The van der Waals surface area contributed by atoms with Crippen LogP contribution in [-0.2, 0) is 11.2 Å². The first-order valence-electron chi connectivity index (χ1n) is 7.44. The highest BCUT2D eigenvalue weighted by molar-refractivity contribution is 7.15. The number of carbonyl (C=O) groups excluding carboxylic acids is 1. The summed E-state index contributed by atoms with van der Waals surface area (Å²) < 4.78 is 15.7. The van der Waals surface area contributed by atoms with E-state index in [-0.39, 0.29) is 17.9 Å². The lowest BCUT2D eigenvalue weighted by molar-refractivity contribution is -0.121. The molecule has 0 aliphatic rings. The Balaban J connectivity index is 1.65. The fourth-order valence-electron chi connectivity index (χ4n) is 2.48. The molecule has 1 N–H and O–H groups in total. The molecule has 1 amide bonds. The predicted octanol–water partition coefficient (Wildman–Crippen LogP) is 3.16. The second kappa shape index (κ2) is 6.81. The molecule has 1 aromatic carbocycles. The second-order valence-corrected chi connectivity index (χ2v) is 6.25. The number of hydrogen-bond acceptors (Lipinski definition) is 4. The van der Waals surface area contributed by atoms with Crippen LogP contribution >= 0.6 is 11.3 Å². The Morgan fingerprint density at radius 1 is 1.50 bits per heavy atom. The van der Waals surface area contributed by atoms with Crippen molar-refractivity contribution in [3.63, 3.8) is 0 Å². The summed E-state index contributed by atoms with van der Waals surface area (Å²) in [6, 6.07) is 6.90. The molecule has 3 rings (SSSR count). The molecule has 5 nitrogen and oxygen atoms in total. The Morgan fingerprint density at radius 2 is 2.29 bits per heavy atom. The lowest BCUT2D eigenvalue weighted by Crippen LogP contribution is -2.28. The quantitative estimate of drug-likeness (QED) is 0.774. The number of hydrogen-bond donors (Lipinski definition) is 1. The number of carbonyl (C=O) groups is 1. The molecular weight excluding hydrogens is 327 g/mol. The highest BCUT2D eigenvalue weighted by Crippen LogP contribution is 2.19. The fraction of sp³-hybridized carbons (Fsp3) is 0.235. The Labute approximate surface area is 142 Å². The van der Waals surface area contributed by atoms with Gasteiger partial charge in [-0.05, 0) is 19.4 Å². The van der Waals surface area contributed by atoms with Crippen molar-refractivity contribution in [1.82, 2.24) is 14.7 Å². The normalized spacial score (nSPS) is 12.0. The van der Waals surface area contributed by atoms with Crippen LogP contribution in [0, 0.1) is 24.1 Å². The van der Waals surface area contributed by atoms with Crippen LogP contribution in [0.5, 0.6) is 0 Å². The summed E-state index contributed by atoms with van der Waals surface area (Å²) in [7, 11) is 0. The van der Waals surface area contributed by atoms with E-state index in [0.717, 1.165) is 16.3 Å². The molecule has 122 valence electrons. The van der Waals surface area contributed by atoms with Gasteiger partial charge in [0.15, 0.2) is 4.96 Å². The molecule has 0 aliphatic heterocycles. The van der Waals surface area contributed by atoms with E-state index < -0.39 is 11.9 Å². The summed E-state index contributed by atoms with van der Waals surface area (Å²) in [6.45, 7) is 1.92. The maximum atomic E-state index is 13.8. The van der Waals surface area contributed by atoms with E-state index >= 15 is 0 Å². The zero-order chi connectivity index (χ0) is 17.1. The van der Waals surface area contributed by atoms with Crippen LogP contribution in [0.15, 0.2) is 35.8 Å². The van der Waals surface area contributed by atoms with Crippen LogP contribution in [0.4, 0.5) is 4.39 Å². The van der Waals surface area contributed by atoms with Crippen LogP contribution < -0.4 is 5.32 Å². The standard InChI is InChI=1S/C17H15FN4OS/c1-11-9-22-12(10-24-17(22)20-11)6-7-16(23)21-15(8-19)13-4-2-3-5-14(13)18/h2-5,9-10,15H,6-7H2,1H3,(H,21,23)/t15-/m0/s1. The van der Waals surface area contributed by atoms with Crippen molar-refractivity contribution >= 4 is 22.2 Å². The largest absolute Gasteiger partial charge is 0.337 e. The average Bonchev–Trinajstić information content (AvgIpc) is 3.10. The average molecular weight is 342 g/mol. The lowest BCUT2D eigenvalue weighted by atomic mass is 10.1. The zero-order valence-electron chi connectivity index (χ0n) is 13.0. The molecule has 0 bridgehead atoms. The molecule has 0 spiro atoms. The number of rotatable bonds is 5. The molecule has 24 heavy (non-hydrogen) atoms. The molecule has 7 heteroatoms. The molecular formula is C17H15FN4OS. The van der Waals surface area contributed by atoms with Crippen molar-refractivity contribution in [2.45, 2.75) is 25.8 Å². The number of nitrogens with zero attached hydrogens (tertiary/aromatic N) is 3. The zero-order valence-corrected chi connectivity index (χ0v) is 13.8. The summed E-state index contributed by atoms with van der Waals surface area (Å²) in [4.78, 5) is 17.4. The minimum absolute atomic E-state index is 0.177. The third-order valence-corrected chi connectivity index (χ3v) is 4.55. The molecule has 0 saturated heterocycles. The third-order valence-electron chi connectivity index (χ3n) is 3.66. The summed E-state index contributed by atoms with van der Waals surface area (Å²) >= 11 is 1.52. The number of imidazole rings is 1. The van der Waals surface area contributed by atoms with E-state index in [0.29, 0.717) is 6.42 Å². The molecule has 0 aliphatic carbocycles. The molecule has 0 fully saturated rings. The van der Waals surface area contributed by atoms with Gasteiger partial charge in [0.25, 0.3) is 0 Å². The van der Waals surface area contributed by atoms with Gasteiger partial charge in [-0.25, -0.2) is 9.37 Å². The van der Waals surface area contributed by atoms with E-state index in [4.69, 9.17) is 0 Å². The Kier molecular flexibility index (Phi) is 4.58. The van der Waals surface area contributed by atoms with Crippen molar-refractivity contribution < 1.29 is 9.18 Å². The van der Waals surface area contributed by atoms with Crippen LogP contribution in [-0.4, -0.2) is 15.3 Å². The van der Waals surface area contributed by atoms with E-state index in [2.05, 4.69) is 10.3 Å². The van der Waals surface area contributed by atoms with E-state index in [1.165, 1.54) is 23.5 Å². The minimum atomic E-state index is -0.989. The number of nitriles is 1. The Morgan fingerprint density at radius 3 is 3.04 bits per heavy atom. The summed E-state index contributed by atoms with van der Waals surface area (Å²) in [5.74, 6) is -0.793. The number of thiazole rings is 1. The van der Waals surface area contributed by atoms with Gasteiger partial charge in [0.2, 0.25) is 5.91 Å². The van der Waals surface area contributed by atoms with Crippen LogP contribution in [0.3, 0.4) is 0 Å². The maximum absolute atomic E-state index is 13.8. The SMILES string of the molecule is Cc1cn2c(CCC(=O)N[C@@H](C#N)c3ccccc3F)csc2n1. The maximum Gasteiger partial charge on any atom is 0.221 e. The summed E-state index contributed by atoms with van der Waals surface area (Å²) in [5, 5.41) is 13.8. The van der Waals surface area contributed by atoms with E-state index in [9.17, 15) is 14.4 Å². The topological polar surface area (TPSA) is 70.2 Å². The molecule has 3 aromatic rings. The van der Waals surface area contributed by atoms with Gasteiger partial charge in [-0.3, -0.25) is 9.20 Å².